The Hall–Kier alpha value is -3.62. The summed E-state index contributed by atoms with van der Waals surface area (Å²) < 4.78 is 3.30. The summed E-state index contributed by atoms with van der Waals surface area (Å²) in [5, 5.41) is 19.8. The summed E-state index contributed by atoms with van der Waals surface area (Å²) in [4.78, 5) is 23.8. The van der Waals surface area contributed by atoms with Crippen molar-refractivity contribution in [3.8, 4) is 17.1 Å². The zero-order chi connectivity index (χ0) is 23.5. The topological polar surface area (TPSA) is 95.0 Å². The van der Waals surface area contributed by atoms with Gasteiger partial charge in [0.05, 0.1) is 16.3 Å². The molecule has 10 heteroatoms. The van der Waals surface area contributed by atoms with Crippen molar-refractivity contribution in [3.05, 3.63) is 98.3 Å². The van der Waals surface area contributed by atoms with Gasteiger partial charge in [0.25, 0.3) is 11.6 Å². The second-order valence-corrected chi connectivity index (χ2v) is 8.19. The Morgan fingerprint density at radius 2 is 1.94 bits per heavy atom. The molecule has 0 saturated carbocycles. The Kier molecular flexibility index (Phi) is 6.48. The van der Waals surface area contributed by atoms with Crippen molar-refractivity contribution in [1.82, 2.24) is 19.7 Å². The van der Waals surface area contributed by atoms with Gasteiger partial charge in [0.2, 0.25) is 0 Å². The Bertz CT molecular complexity index is 1350. The van der Waals surface area contributed by atoms with Gasteiger partial charge in [-0.25, -0.2) is 4.68 Å². The van der Waals surface area contributed by atoms with Crippen molar-refractivity contribution in [1.29, 1.82) is 0 Å². The van der Waals surface area contributed by atoms with Crippen molar-refractivity contribution >= 4 is 34.8 Å². The molecule has 1 amide bonds. The molecule has 0 spiro atoms. The zero-order valence-electron chi connectivity index (χ0n) is 17.5. The van der Waals surface area contributed by atoms with Crippen LogP contribution < -0.4 is 5.32 Å². The minimum atomic E-state index is -0.485. The molecule has 2 aromatic carbocycles. The van der Waals surface area contributed by atoms with Crippen LogP contribution in [0.25, 0.3) is 17.1 Å². The summed E-state index contributed by atoms with van der Waals surface area (Å²) in [6.07, 6.45) is 2.38. The molecule has 4 rings (SSSR count). The molecule has 0 atom stereocenters. The Morgan fingerprint density at radius 3 is 2.64 bits per heavy atom. The lowest BCUT2D eigenvalue weighted by Crippen LogP contribution is -2.28. The van der Waals surface area contributed by atoms with Crippen molar-refractivity contribution in [2.45, 2.75) is 6.42 Å². The lowest BCUT2D eigenvalue weighted by Gasteiger charge is -2.09. The van der Waals surface area contributed by atoms with Crippen molar-refractivity contribution < 1.29 is 9.72 Å². The number of nitrogens with one attached hydrogen (secondary N) is 1. The van der Waals surface area contributed by atoms with Gasteiger partial charge >= 0.3 is 0 Å². The molecule has 2 aromatic heterocycles. The fraction of sp³-hybridized carbons (Fsp3) is 0.130. The van der Waals surface area contributed by atoms with E-state index in [9.17, 15) is 14.9 Å². The van der Waals surface area contributed by atoms with E-state index in [-0.39, 0.29) is 17.3 Å². The van der Waals surface area contributed by atoms with E-state index >= 15 is 0 Å². The Labute approximate surface area is 199 Å². The van der Waals surface area contributed by atoms with Gasteiger partial charge in [0.1, 0.15) is 11.4 Å². The van der Waals surface area contributed by atoms with E-state index in [0.717, 1.165) is 11.3 Å². The number of hydrogen-bond acceptors (Lipinski definition) is 4. The SMILES string of the molecule is Cn1cccc1-c1cc(C(=O)NCCc2ccc(Cl)cc2Cl)n(-c2cccc([N+](=O)[O-])c2)n1. The number of benzene rings is 2. The standard InChI is InChI=1S/C23H19Cl2N5O3/c1-28-11-3-6-21(28)20-14-22(29(27-20)17-4-2-5-18(13-17)30(32)33)23(31)26-10-9-15-7-8-16(24)12-19(15)25/h2-8,11-14H,9-10H2,1H3,(H,26,31). The number of carbonyl (C=O) groups excluding carboxylic acids is 1. The van der Waals surface area contributed by atoms with Crippen LogP contribution in [0.4, 0.5) is 5.69 Å². The van der Waals surface area contributed by atoms with Crippen molar-refractivity contribution in [2.75, 3.05) is 6.54 Å². The summed E-state index contributed by atoms with van der Waals surface area (Å²) in [6.45, 7) is 0.333. The van der Waals surface area contributed by atoms with Crippen LogP contribution in [-0.2, 0) is 13.5 Å². The molecule has 0 saturated heterocycles. The van der Waals surface area contributed by atoms with Crippen LogP contribution in [0.2, 0.25) is 10.0 Å². The molecule has 0 bridgehead atoms. The summed E-state index contributed by atoms with van der Waals surface area (Å²) in [7, 11) is 1.87. The van der Waals surface area contributed by atoms with Crippen LogP contribution in [0.3, 0.4) is 0 Å². The largest absolute Gasteiger partial charge is 0.350 e. The number of nitrogens with zero attached hydrogens (tertiary/aromatic N) is 4. The van der Waals surface area contributed by atoms with E-state index in [2.05, 4.69) is 10.4 Å². The molecule has 0 unspecified atom stereocenters. The second-order valence-electron chi connectivity index (χ2n) is 7.35. The number of nitro benzene ring substituents is 1. The molecule has 2 heterocycles. The highest BCUT2D eigenvalue weighted by Gasteiger charge is 2.20. The summed E-state index contributed by atoms with van der Waals surface area (Å²) in [5.41, 5.74) is 2.82. The molecule has 1 N–H and O–H groups in total. The highest BCUT2D eigenvalue weighted by Crippen LogP contribution is 2.24. The van der Waals surface area contributed by atoms with Gasteiger partial charge in [-0.05, 0) is 48.4 Å². The molecule has 0 radical (unpaired) electrons. The molecule has 8 nitrogen and oxygen atoms in total. The quantitative estimate of drug-likeness (QED) is 0.293. The number of rotatable bonds is 7. The molecule has 168 valence electrons. The predicted molar refractivity (Wildman–Crippen MR) is 127 cm³/mol. The number of nitro groups is 1. The van der Waals surface area contributed by atoms with Crippen LogP contribution >= 0.6 is 23.2 Å². The number of aromatic nitrogens is 3. The normalized spacial score (nSPS) is 10.9. The molecule has 4 aromatic rings. The van der Waals surface area contributed by atoms with Crippen LogP contribution in [0.1, 0.15) is 16.1 Å². The van der Waals surface area contributed by atoms with Gasteiger partial charge in [0, 0.05) is 42.0 Å². The van der Waals surface area contributed by atoms with E-state index in [0.29, 0.717) is 34.4 Å². The van der Waals surface area contributed by atoms with Gasteiger partial charge in [-0.15, -0.1) is 0 Å². The summed E-state index contributed by atoms with van der Waals surface area (Å²) in [6, 6.07) is 16.6. The number of halogens is 2. The van der Waals surface area contributed by atoms with Gasteiger partial charge in [-0.3, -0.25) is 14.9 Å². The van der Waals surface area contributed by atoms with Gasteiger partial charge in [0.15, 0.2) is 0 Å². The third kappa shape index (κ3) is 4.92. The number of carbonyl (C=O) groups is 1. The average Bonchev–Trinajstić information content (AvgIpc) is 3.41. The molecular formula is C23H19Cl2N5O3. The highest BCUT2D eigenvalue weighted by molar-refractivity contribution is 6.35. The van der Waals surface area contributed by atoms with Crippen LogP contribution in [0.5, 0.6) is 0 Å². The first kappa shape index (κ1) is 22.6. The number of hydrogen-bond donors (Lipinski definition) is 1. The minimum Gasteiger partial charge on any atom is -0.350 e. The maximum absolute atomic E-state index is 13.1. The summed E-state index contributed by atoms with van der Waals surface area (Å²) in [5.74, 6) is -0.362. The molecule has 0 fully saturated rings. The molecule has 33 heavy (non-hydrogen) atoms. The number of non-ortho nitro benzene ring substituents is 1. The molecule has 0 aliphatic rings. The monoisotopic (exact) mass is 483 g/mol. The van der Waals surface area contributed by atoms with Gasteiger partial charge in [-0.2, -0.15) is 5.10 Å². The van der Waals surface area contributed by atoms with E-state index in [1.807, 2.05) is 36.0 Å². The van der Waals surface area contributed by atoms with Crippen molar-refractivity contribution in [2.24, 2.45) is 7.05 Å². The average molecular weight is 484 g/mol. The lowest BCUT2D eigenvalue weighted by atomic mass is 10.1. The highest BCUT2D eigenvalue weighted by atomic mass is 35.5. The van der Waals surface area contributed by atoms with Crippen LogP contribution in [0.15, 0.2) is 66.9 Å². The maximum Gasteiger partial charge on any atom is 0.271 e. The third-order valence-corrected chi connectivity index (χ3v) is 5.72. The first-order valence-electron chi connectivity index (χ1n) is 10.0. The predicted octanol–water partition coefficient (Wildman–Crippen LogP) is 5.07. The number of amides is 1. The maximum atomic E-state index is 13.1. The fourth-order valence-corrected chi connectivity index (χ4v) is 3.96. The fourth-order valence-electron chi connectivity index (χ4n) is 3.46. The van der Waals surface area contributed by atoms with E-state index in [4.69, 9.17) is 23.2 Å². The number of aryl methyl sites for hydroxylation is 1. The Balaban J connectivity index is 1.63. The van der Waals surface area contributed by atoms with E-state index < -0.39 is 4.92 Å². The zero-order valence-corrected chi connectivity index (χ0v) is 19.0. The minimum absolute atomic E-state index is 0.0906. The van der Waals surface area contributed by atoms with Crippen molar-refractivity contribution in [3.63, 3.8) is 0 Å². The van der Waals surface area contributed by atoms with Crippen LogP contribution in [0, 0.1) is 10.1 Å². The molecular weight excluding hydrogens is 465 g/mol. The van der Waals surface area contributed by atoms with Crippen LogP contribution in [-0.4, -0.2) is 31.7 Å². The van der Waals surface area contributed by atoms with E-state index in [1.54, 1.807) is 30.3 Å². The first-order chi connectivity index (χ1) is 15.8. The lowest BCUT2D eigenvalue weighted by molar-refractivity contribution is -0.384. The van der Waals surface area contributed by atoms with E-state index in [1.165, 1.54) is 16.8 Å². The Morgan fingerprint density at radius 1 is 1.12 bits per heavy atom. The van der Waals surface area contributed by atoms with Gasteiger partial charge < -0.3 is 9.88 Å². The second kappa shape index (κ2) is 9.48. The summed E-state index contributed by atoms with van der Waals surface area (Å²) >= 11 is 12.1. The smallest absolute Gasteiger partial charge is 0.271 e. The van der Waals surface area contributed by atoms with Gasteiger partial charge in [-0.1, -0.05) is 35.3 Å². The third-order valence-electron chi connectivity index (χ3n) is 5.13. The molecule has 0 aliphatic heterocycles. The first-order valence-corrected chi connectivity index (χ1v) is 10.8. The molecule has 0 aliphatic carbocycles.